The first-order valence-corrected chi connectivity index (χ1v) is 10.4. The van der Waals surface area contributed by atoms with E-state index in [2.05, 4.69) is 88.4 Å². The fourth-order valence-electron chi connectivity index (χ4n) is 3.42. The Morgan fingerprint density at radius 2 is 1.69 bits per heavy atom. The molecule has 0 saturated carbocycles. The molecule has 2 aromatic heterocycles. The number of nitrogens with zero attached hydrogens (tertiary/aromatic N) is 3. The van der Waals surface area contributed by atoms with Crippen LogP contribution in [-0.2, 0) is 5.75 Å². The second kappa shape index (κ2) is 7.60. The van der Waals surface area contributed by atoms with Gasteiger partial charge in [0.15, 0.2) is 10.9 Å². The Balaban J connectivity index is 1.54. The zero-order valence-electron chi connectivity index (χ0n) is 15.9. The van der Waals surface area contributed by atoms with Crippen molar-refractivity contribution in [2.24, 2.45) is 0 Å². The number of hydrogen-bond acceptors (Lipinski definition) is 4. The Hall–Kier alpha value is -3.31. The molecule has 5 rings (SSSR count). The maximum Gasteiger partial charge on any atom is 0.205 e. The fourth-order valence-corrected chi connectivity index (χ4v) is 4.37. The van der Waals surface area contributed by atoms with Crippen LogP contribution in [0.2, 0.25) is 0 Å². The van der Waals surface area contributed by atoms with Crippen LogP contribution in [-0.4, -0.2) is 14.8 Å². The maximum absolute atomic E-state index is 5.61. The van der Waals surface area contributed by atoms with Crippen molar-refractivity contribution < 1.29 is 4.42 Å². The third-order valence-corrected chi connectivity index (χ3v) is 5.88. The molecule has 0 bridgehead atoms. The summed E-state index contributed by atoms with van der Waals surface area (Å²) >= 11 is 1.68. The maximum atomic E-state index is 5.61. The van der Waals surface area contributed by atoms with Gasteiger partial charge in [0, 0.05) is 11.4 Å². The van der Waals surface area contributed by atoms with Gasteiger partial charge in [-0.1, -0.05) is 71.9 Å². The van der Waals surface area contributed by atoms with E-state index in [1.54, 1.807) is 18.0 Å². The first-order chi connectivity index (χ1) is 14.3. The van der Waals surface area contributed by atoms with E-state index < -0.39 is 0 Å². The Kier molecular flexibility index (Phi) is 4.66. The average Bonchev–Trinajstić information content (AvgIpc) is 3.42. The van der Waals surface area contributed by atoms with Gasteiger partial charge >= 0.3 is 0 Å². The monoisotopic (exact) mass is 397 g/mol. The van der Waals surface area contributed by atoms with Crippen molar-refractivity contribution >= 4 is 22.5 Å². The SMILES string of the molecule is Cc1ccc(-n2c(SCc3cccc4ccccc34)nnc2-c2ccco2)cc1. The Labute approximate surface area is 173 Å². The summed E-state index contributed by atoms with van der Waals surface area (Å²) in [5.41, 5.74) is 3.52. The van der Waals surface area contributed by atoms with Crippen molar-refractivity contribution in [3.8, 4) is 17.3 Å². The third-order valence-electron chi connectivity index (χ3n) is 4.90. The van der Waals surface area contributed by atoms with Crippen molar-refractivity contribution in [3.05, 3.63) is 96.3 Å². The number of benzene rings is 3. The molecule has 0 amide bonds. The van der Waals surface area contributed by atoms with Crippen molar-refractivity contribution in [1.82, 2.24) is 14.8 Å². The van der Waals surface area contributed by atoms with Gasteiger partial charge < -0.3 is 4.42 Å². The molecule has 0 aliphatic rings. The highest BCUT2D eigenvalue weighted by Crippen LogP contribution is 2.31. The van der Waals surface area contributed by atoms with Crippen LogP contribution in [0.5, 0.6) is 0 Å². The number of thioether (sulfide) groups is 1. The molecule has 3 aromatic carbocycles. The van der Waals surface area contributed by atoms with E-state index in [0.29, 0.717) is 11.6 Å². The van der Waals surface area contributed by atoms with Crippen LogP contribution in [0, 0.1) is 6.92 Å². The Morgan fingerprint density at radius 1 is 0.862 bits per heavy atom. The van der Waals surface area contributed by atoms with Gasteiger partial charge in [-0.05, 0) is 47.5 Å². The molecular formula is C24H19N3OS. The molecule has 29 heavy (non-hydrogen) atoms. The molecule has 5 heteroatoms. The third kappa shape index (κ3) is 3.45. The summed E-state index contributed by atoms with van der Waals surface area (Å²) in [6.07, 6.45) is 1.66. The van der Waals surface area contributed by atoms with Gasteiger partial charge in [-0.25, -0.2) is 0 Å². The molecule has 0 radical (unpaired) electrons. The molecule has 0 unspecified atom stereocenters. The Bertz CT molecular complexity index is 1250. The normalized spacial score (nSPS) is 11.2. The number of hydrogen-bond donors (Lipinski definition) is 0. The largest absolute Gasteiger partial charge is 0.461 e. The zero-order chi connectivity index (χ0) is 19.6. The van der Waals surface area contributed by atoms with Gasteiger partial charge in [0.1, 0.15) is 0 Å². The summed E-state index contributed by atoms with van der Waals surface area (Å²) in [6.45, 7) is 2.08. The lowest BCUT2D eigenvalue weighted by Crippen LogP contribution is -1.99. The predicted octanol–water partition coefficient (Wildman–Crippen LogP) is 6.28. The molecule has 0 saturated heterocycles. The summed E-state index contributed by atoms with van der Waals surface area (Å²) in [7, 11) is 0. The lowest BCUT2D eigenvalue weighted by molar-refractivity contribution is 0.575. The molecule has 2 heterocycles. The molecule has 4 nitrogen and oxygen atoms in total. The quantitative estimate of drug-likeness (QED) is 0.327. The summed E-state index contributed by atoms with van der Waals surface area (Å²) in [4.78, 5) is 0. The lowest BCUT2D eigenvalue weighted by Gasteiger charge is -2.10. The van der Waals surface area contributed by atoms with E-state index in [-0.39, 0.29) is 0 Å². The minimum atomic E-state index is 0.704. The van der Waals surface area contributed by atoms with Crippen LogP contribution in [0.4, 0.5) is 0 Å². The van der Waals surface area contributed by atoms with Gasteiger partial charge in [-0.3, -0.25) is 4.57 Å². The number of aromatic nitrogens is 3. The molecule has 142 valence electrons. The molecule has 5 aromatic rings. The van der Waals surface area contributed by atoms with E-state index in [9.17, 15) is 0 Å². The highest BCUT2D eigenvalue weighted by atomic mass is 32.2. The minimum absolute atomic E-state index is 0.704. The summed E-state index contributed by atoms with van der Waals surface area (Å²) in [5, 5.41) is 12.3. The van der Waals surface area contributed by atoms with Crippen molar-refractivity contribution in [1.29, 1.82) is 0 Å². The molecule has 0 aliphatic carbocycles. The van der Waals surface area contributed by atoms with Crippen molar-refractivity contribution in [2.75, 3.05) is 0 Å². The Morgan fingerprint density at radius 3 is 2.52 bits per heavy atom. The number of rotatable bonds is 5. The van der Waals surface area contributed by atoms with Crippen LogP contribution in [0.1, 0.15) is 11.1 Å². The molecule has 0 aliphatic heterocycles. The van der Waals surface area contributed by atoms with Crippen LogP contribution < -0.4 is 0 Å². The van der Waals surface area contributed by atoms with Gasteiger partial charge in [0.05, 0.1) is 6.26 Å². The van der Waals surface area contributed by atoms with Crippen molar-refractivity contribution in [2.45, 2.75) is 17.8 Å². The van der Waals surface area contributed by atoms with Gasteiger partial charge in [0.2, 0.25) is 5.82 Å². The van der Waals surface area contributed by atoms with Crippen molar-refractivity contribution in [3.63, 3.8) is 0 Å². The van der Waals surface area contributed by atoms with Crippen LogP contribution >= 0.6 is 11.8 Å². The van der Waals surface area contributed by atoms with Gasteiger partial charge in [0.25, 0.3) is 0 Å². The average molecular weight is 398 g/mol. The molecule has 0 atom stereocenters. The number of furan rings is 1. The van der Waals surface area contributed by atoms with E-state index in [1.165, 1.54) is 21.9 Å². The second-order valence-corrected chi connectivity index (χ2v) is 7.82. The topological polar surface area (TPSA) is 43.9 Å². The standard InChI is InChI=1S/C24H19N3OS/c1-17-11-13-20(14-12-17)27-23(22-10-5-15-28-22)25-26-24(27)29-16-19-8-4-7-18-6-2-3-9-21(18)19/h2-15H,16H2,1H3. The lowest BCUT2D eigenvalue weighted by atomic mass is 10.1. The fraction of sp³-hybridized carbons (Fsp3) is 0.0833. The highest BCUT2D eigenvalue weighted by molar-refractivity contribution is 7.98. The molecule has 0 spiro atoms. The van der Waals surface area contributed by atoms with Gasteiger partial charge in [-0.15, -0.1) is 10.2 Å². The van der Waals surface area contributed by atoms with Crippen LogP contribution in [0.15, 0.2) is 94.7 Å². The predicted molar refractivity (Wildman–Crippen MR) is 117 cm³/mol. The summed E-state index contributed by atoms with van der Waals surface area (Å²) in [5.74, 6) is 2.22. The van der Waals surface area contributed by atoms with Gasteiger partial charge in [-0.2, -0.15) is 0 Å². The van der Waals surface area contributed by atoms with E-state index in [1.807, 2.05) is 12.1 Å². The molecule has 0 fully saturated rings. The number of fused-ring (bicyclic) bond motifs is 1. The molecule has 0 N–H and O–H groups in total. The summed E-state index contributed by atoms with van der Waals surface area (Å²) in [6, 6.07) is 27.1. The summed E-state index contributed by atoms with van der Waals surface area (Å²) < 4.78 is 7.67. The first kappa shape index (κ1) is 17.8. The minimum Gasteiger partial charge on any atom is -0.461 e. The highest BCUT2D eigenvalue weighted by Gasteiger charge is 2.18. The van der Waals surface area contributed by atoms with Crippen LogP contribution in [0.25, 0.3) is 28.0 Å². The molecular weight excluding hydrogens is 378 g/mol. The second-order valence-electron chi connectivity index (χ2n) is 6.88. The number of aryl methyl sites for hydroxylation is 1. The van der Waals surface area contributed by atoms with E-state index in [4.69, 9.17) is 4.42 Å². The van der Waals surface area contributed by atoms with E-state index >= 15 is 0 Å². The zero-order valence-corrected chi connectivity index (χ0v) is 16.8. The van der Waals surface area contributed by atoms with E-state index in [0.717, 1.165) is 16.6 Å². The smallest absolute Gasteiger partial charge is 0.205 e. The van der Waals surface area contributed by atoms with Crippen LogP contribution in [0.3, 0.4) is 0 Å². The first-order valence-electron chi connectivity index (χ1n) is 9.45.